The van der Waals surface area contributed by atoms with Crippen LogP contribution in [-0.4, -0.2) is 7.11 Å². The standard InChI is InChI=1S/C9H13ClO/c1-5-9(10)6-7(2)8(3)11-4/h5-6H,1H2,2-4H3/b8-7+,9-6+. The molecule has 0 aromatic carbocycles. The summed E-state index contributed by atoms with van der Waals surface area (Å²) < 4.78 is 5.00. The summed E-state index contributed by atoms with van der Waals surface area (Å²) >= 11 is 5.71. The highest BCUT2D eigenvalue weighted by molar-refractivity contribution is 6.31. The number of halogens is 1. The Morgan fingerprint density at radius 1 is 1.45 bits per heavy atom. The lowest BCUT2D eigenvalue weighted by molar-refractivity contribution is 0.290. The first-order valence-corrected chi connectivity index (χ1v) is 3.70. The van der Waals surface area contributed by atoms with Crippen molar-refractivity contribution in [1.82, 2.24) is 0 Å². The van der Waals surface area contributed by atoms with Crippen LogP contribution in [0.2, 0.25) is 0 Å². The number of hydrogen-bond donors (Lipinski definition) is 0. The van der Waals surface area contributed by atoms with Gasteiger partial charge < -0.3 is 4.74 Å². The molecule has 0 spiro atoms. The molecule has 0 amide bonds. The van der Waals surface area contributed by atoms with Crippen molar-refractivity contribution in [3.05, 3.63) is 35.1 Å². The third-order valence-corrected chi connectivity index (χ3v) is 1.67. The number of hydrogen-bond acceptors (Lipinski definition) is 1. The largest absolute Gasteiger partial charge is 0.501 e. The summed E-state index contributed by atoms with van der Waals surface area (Å²) in [6, 6.07) is 0. The topological polar surface area (TPSA) is 9.23 Å². The highest BCUT2D eigenvalue weighted by Crippen LogP contribution is 2.11. The van der Waals surface area contributed by atoms with Crippen LogP contribution in [0.25, 0.3) is 0 Å². The SMILES string of the molecule is C=C/C(Cl)=C\C(C)=C(/C)OC. The molecule has 0 atom stereocenters. The van der Waals surface area contributed by atoms with Crippen LogP contribution in [-0.2, 0) is 4.74 Å². The van der Waals surface area contributed by atoms with Gasteiger partial charge in [0.25, 0.3) is 0 Å². The fourth-order valence-electron chi connectivity index (χ4n) is 0.528. The second-order valence-corrected chi connectivity index (χ2v) is 2.61. The van der Waals surface area contributed by atoms with Crippen LogP contribution >= 0.6 is 11.6 Å². The molecule has 0 aliphatic heterocycles. The smallest absolute Gasteiger partial charge is 0.0954 e. The molecule has 0 N–H and O–H groups in total. The molecular formula is C9H13ClO. The molecular weight excluding hydrogens is 160 g/mol. The van der Waals surface area contributed by atoms with Crippen LogP contribution < -0.4 is 0 Å². The first kappa shape index (κ1) is 10.3. The quantitative estimate of drug-likeness (QED) is 0.469. The van der Waals surface area contributed by atoms with E-state index in [-0.39, 0.29) is 0 Å². The van der Waals surface area contributed by atoms with Gasteiger partial charge in [-0.15, -0.1) is 0 Å². The molecule has 0 aliphatic carbocycles. The van der Waals surface area contributed by atoms with Crippen LogP contribution in [0.3, 0.4) is 0 Å². The molecule has 0 saturated carbocycles. The zero-order valence-electron chi connectivity index (χ0n) is 7.15. The summed E-state index contributed by atoms with van der Waals surface area (Å²) in [5, 5.41) is 0.624. The van der Waals surface area contributed by atoms with Crippen LogP contribution in [0.15, 0.2) is 35.1 Å². The van der Waals surface area contributed by atoms with Gasteiger partial charge in [-0.3, -0.25) is 0 Å². The van der Waals surface area contributed by atoms with Crippen molar-refractivity contribution in [2.24, 2.45) is 0 Å². The molecule has 0 fully saturated rings. The van der Waals surface area contributed by atoms with Gasteiger partial charge in [0, 0.05) is 5.03 Å². The van der Waals surface area contributed by atoms with E-state index in [2.05, 4.69) is 6.58 Å². The Morgan fingerprint density at radius 3 is 2.36 bits per heavy atom. The van der Waals surface area contributed by atoms with E-state index in [4.69, 9.17) is 16.3 Å². The van der Waals surface area contributed by atoms with E-state index in [1.165, 1.54) is 0 Å². The van der Waals surface area contributed by atoms with E-state index in [1.807, 2.05) is 19.9 Å². The molecule has 2 heteroatoms. The van der Waals surface area contributed by atoms with Crippen molar-refractivity contribution in [1.29, 1.82) is 0 Å². The zero-order chi connectivity index (χ0) is 8.85. The summed E-state index contributed by atoms with van der Waals surface area (Å²) in [4.78, 5) is 0. The minimum absolute atomic E-state index is 0.624. The summed E-state index contributed by atoms with van der Waals surface area (Å²) in [6.45, 7) is 7.36. The molecule has 0 heterocycles. The molecule has 0 aromatic rings. The predicted octanol–water partition coefficient (Wildman–Crippen LogP) is 3.24. The number of allylic oxidation sites excluding steroid dienone is 5. The number of rotatable bonds is 3. The Balaban J connectivity index is 4.49. The van der Waals surface area contributed by atoms with E-state index in [1.54, 1.807) is 13.2 Å². The number of ether oxygens (including phenoxy) is 1. The van der Waals surface area contributed by atoms with E-state index in [9.17, 15) is 0 Å². The first-order chi connectivity index (χ1) is 5.11. The van der Waals surface area contributed by atoms with Crippen molar-refractivity contribution in [3.63, 3.8) is 0 Å². The average molecular weight is 173 g/mol. The summed E-state index contributed by atoms with van der Waals surface area (Å²) in [6.07, 6.45) is 3.40. The molecule has 0 radical (unpaired) electrons. The van der Waals surface area contributed by atoms with Crippen LogP contribution in [0.5, 0.6) is 0 Å². The second-order valence-electron chi connectivity index (χ2n) is 2.18. The van der Waals surface area contributed by atoms with E-state index in [0.29, 0.717) is 5.03 Å². The molecule has 1 nitrogen and oxygen atoms in total. The molecule has 0 bridgehead atoms. The minimum atomic E-state index is 0.624. The second kappa shape index (κ2) is 5.03. The molecule has 0 aromatic heterocycles. The van der Waals surface area contributed by atoms with Crippen molar-refractivity contribution in [2.75, 3.05) is 7.11 Å². The maximum absolute atomic E-state index is 5.71. The average Bonchev–Trinajstić information content (AvgIpc) is 2.02. The van der Waals surface area contributed by atoms with Crippen molar-refractivity contribution < 1.29 is 4.74 Å². The Hall–Kier alpha value is -0.690. The summed E-state index contributed by atoms with van der Waals surface area (Å²) in [5.74, 6) is 0.866. The third kappa shape index (κ3) is 3.89. The highest BCUT2D eigenvalue weighted by Gasteiger charge is 1.92. The van der Waals surface area contributed by atoms with E-state index < -0.39 is 0 Å². The number of methoxy groups -OCH3 is 1. The van der Waals surface area contributed by atoms with Gasteiger partial charge in [0.15, 0.2) is 0 Å². The summed E-state index contributed by atoms with van der Waals surface area (Å²) in [7, 11) is 1.63. The van der Waals surface area contributed by atoms with Gasteiger partial charge in [0.2, 0.25) is 0 Å². The highest BCUT2D eigenvalue weighted by atomic mass is 35.5. The Kier molecular flexibility index (Phi) is 4.71. The maximum atomic E-state index is 5.71. The van der Waals surface area contributed by atoms with Crippen LogP contribution in [0, 0.1) is 0 Å². The molecule has 0 rings (SSSR count). The Bertz CT molecular complexity index is 202. The lowest BCUT2D eigenvalue weighted by Gasteiger charge is -2.01. The fourth-order valence-corrected chi connectivity index (χ4v) is 0.692. The first-order valence-electron chi connectivity index (χ1n) is 3.33. The maximum Gasteiger partial charge on any atom is 0.0954 e. The van der Waals surface area contributed by atoms with Gasteiger partial charge in [-0.2, -0.15) is 0 Å². The lowest BCUT2D eigenvalue weighted by atomic mass is 10.2. The van der Waals surface area contributed by atoms with Crippen LogP contribution in [0.1, 0.15) is 13.8 Å². The van der Waals surface area contributed by atoms with Crippen molar-refractivity contribution >= 4 is 11.6 Å². The van der Waals surface area contributed by atoms with Crippen molar-refractivity contribution in [2.45, 2.75) is 13.8 Å². The monoisotopic (exact) mass is 172 g/mol. The van der Waals surface area contributed by atoms with Gasteiger partial charge in [0.05, 0.1) is 12.9 Å². The van der Waals surface area contributed by atoms with Crippen LogP contribution in [0.4, 0.5) is 0 Å². The van der Waals surface area contributed by atoms with E-state index in [0.717, 1.165) is 11.3 Å². The van der Waals surface area contributed by atoms with Gasteiger partial charge in [-0.1, -0.05) is 24.3 Å². The molecule has 0 unspecified atom stereocenters. The third-order valence-electron chi connectivity index (χ3n) is 1.41. The summed E-state index contributed by atoms with van der Waals surface area (Å²) in [5.41, 5.74) is 1.01. The molecule has 62 valence electrons. The van der Waals surface area contributed by atoms with Crippen molar-refractivity contribution in [3.8, 4) is 0 Å². The van der Waals surface area contributed by atoms with E-state index >= 15 is 0 Å². The molecule has 0 saturated heterocycles. The Morgan fingerprint density at radius 2 is 2.00 bits per heavy atom. The van der Waals surface area contributed by atoms with Gasteiger partial charge in [0.1, 0.15) is 0 Å². The predicted molar refractivity (Wildman–Crippen MR) is 49.5 cm³/mol. The lowest BCUT2D eigenvalue weighted by Crippen LogP contribution is -1.83. The Labute approximate surface area is 73.0 Å². The minimum Gasteiger partial charge on any atom is -0.501 e. The normalized spacial score (nSPS) is 14.0. The van der Waals surface area contributed by atoms with Gasteiger partial charge in [-0.25, -0.2) is 0 Å². The van der Waals surface area contributed by atoms with Gasteiger partial charge in [-0.05, 0) is 25.5 Å². The fraction of sp³-hybridized carbons (Fsp3) is 0.333. The molecule has 0 aliphatic rings. The molecule has 11 heavy (non-hydrogen) atoms. The van der Waals surface area contributed by atoms with Gasteiger partial charge >= 0.3 is 0 Å². The zero-order valence-corrected chi connectivity index (χ0v) is 7.90.